The Kier molecular flexibility index (Phi) is 2.87. The number of rotatable bonds is 3. The molecule has 1 unspecified atom stereocenters. The third kappa shape index (κ3) is 2.23. The first-order chi connectivity index (χ1) is 4.09. The number of aliphatic hydroxyl groups excluding tert-OH is 1. The molecule has 4 nitrogen and oxygen atoms in total. The quantitative estimate of drug-likeness (QED) is 0.373. The van der Waals surface area contributed by atoms with Gasteiger partial charge in [-0.15, -0.1) is 0 Å². The second-order valence-corrected chi connectivity index (χ2v) is 1.79. The van der Waals surface area contributed by atoms with E-state index in [1.165, 1.54) is 11.6 Å². The lowest BCUT2D eigenvalue weighted by molar-refractivity contribution is -0.520. The number of aliphatic hydroxyl groups is 1. The second kappa shape index (κ2) is 3.19. The highest BCUT2D eigenvalue weighted by molar-refractivity contribution is 5.72. The molecule has 0 rings (SSSR count). The van der Waals surface area contributed by atoms with Crippen molar-refractivity contribution < 1.29 is 19.6 Å². The van der Waals surface area contributed by atoms with Gasteiger partial charge in [-0.25, -0.2) is 9.37 Å². The van der Waals surface area contributed by atoms with Gasteiger partial charge in [-0.2, -0.15) is 0 Å². The van der Waals surface area contributed by atoms with E-state index in [0.29, 0.717) is 0 Å². The Bertz CT molecular complexity index is 118. The van der Waals surface area contributed by atoms with Gasteiger partial charge in [0.15, 0.2) is 0 Å². The average Bonchev–Trinajstić information content (AvgIpc) is 1.64. The largest absolute Gasteiger partial charge is 0.476 e. The van der Waals surface area contributed by atoms with E-state index in [4.69, 9.17) is 10.2 Å². The van der Waals surface area contributed by atoms with E-state index in [0.717, 1.165) is 0 Å². The molecule has 9 heavy (non-hydrogen) atoms. The van der Waals surface area contributed by atoms with Gasteiger partial charge in [0.2, 0.25) is 0 Å². The molecule has 0 aromatic heterocycles. The van der Waals surface area contributed by atoms with E-state index >= 15 is 0 Å². The first-order valence-corrected chi connectivity index (χ1v) is 2.46. The lowest BCUT2D eigenvalue weighted by Gasteiger charge is -2.01. The average molecular weight is 132 g/mol. The maximum atomic E-state index is 10.1. The minimum absolute atomic E-state index is 0.407. The zero-order valence-corrected chi connectivity index (χ0v) is 5.24. The summed E-state index contributed by atoms with van der Waals surface area (Å²) in [6, 6.07) is -0.884. The Morgan fingerprint density at radius 3 is 2.33 bits per heavy atom. The first-order valence-electron chi connectivity index (χ1n) is 2.46. The molecule has 1 atom stereocenters. The number of hydrogen-bond acceptors (Lipinski definition) is 2. The van der Waals surface area contributed by atoms with E-state index < -0.39 is 18.6 Å². The molecule has 0 saturated heterocycles. The Morgan fingerprint density at radius 2 is 2.33 bits per heavy atom. The molecule has 0 radical (unpaired) electrons. The van der Waals surface area contributed by atoms with Crippen LogP contribution in [0.2, 0.25) is 0 Å². The van der Waals surface area contributed by atoms with Crippen LogP contribution in [-0.2, 0) is 4.79 Å². The number of hydrogen-bond donors (Lipinski definition) is 2. The van der Waals surface area contributed by atoms with Crippen LogP contribution in [0.1, 0.15) is 0 Å². The van der Waals surface area contributed by atoms with Crippen LogP contribution in [0, 0.1) is 0 Å². The van der Waals surface area contributed by atoms with Crippen molar-refractivity contribution in [1.82, 2.24) is 0 Å². The second-order valence-electron chi connectivity index (χ2n) is 1.79. The van der Waals surface area contributed by atoms with Crippen LogP contribution in [0.5, 0.6) is 0 Å². The lowest BCUT2D eigenvalue weighted by atomic mass is 10.3. The highest BCUT2D eigenvalue weighted by Gasteiger charge is 2.22. The number of carboxylic acids is 1. The van der Waals surface area contributed by atoms with Gasteiger partial charge in [-0.3, -0.25) is 0 Å². The van der Waals surface area contributed by atoms with Gasteiger partial charge in [-0.05, 0) is 0 Å². The normalized spacial score (nSPS) is 12.7. The molecule has 0 spiro atoms. The molecule has 52 valence electrons. The van der Waals surface area contributed by atoms with Crippen molar-refractivity contribution in [3.8, 4) is 0 Å². The smallest absolute Gasteiger partial charge is 0.375 e. The van der Waals surface area contributed by atoms with Crippen LogP contribution in [0.25, 0.3) is 0 Å². The summed E-state index contributed by atoms with van der Waals surface area (Å²) in [4.78, 5) is 10.1. The summed E-state index contributed by atoms with van der Waals surface area (Å²) in [5.74, 6) is -1.06. The molecular weight excluding hydrogens is 122 g/mol. The number of carboxylic acid groups (broad SMARTS) is 1. The highest BCUT2D eigenvalue weighted by atomic mass is 16.4. The summed E-state index contributed by atoms with van der Waals surface area (Å²) in [7, 11) is 1.50. The van der Waals surface area contributed by atoms with Gasteiger partial charge in [0.05, 0.1) is 0 Å². The fraction of sp³-hybridized carbons (Fsp3) is 0.600. The summed E-state index contributed by atoms with van der Waals surface area (Å²) in [5.41, 5.74) is 0. The van der Waals surface area contributed by atoms with Gasteiger partial charge >= 0.3 is 5.97 Å². The summed E-state index contributed by atoms with van der Waals surface area (Å²) in [6.07, 6.45) is 0. The van der Waals surface area contributed by atoms with Crippen molar-refractivity contribution in [1.29, 1.82) is 0 Å². The molecule has 0 aliphatic carbocycles. The zero-order chi connectivity index (χ0) is 7.44. The van der Waals surface area contributed by atoms with Gasteiger partial charge in [0, 0.05) is 0 Å². The predicted molar refractivity (Wildman–Crippen MR) is 31.8 cm³/mol. The van der Waals surface area contributed by atoms with Crippen LogP contribution in [0.15, 0.2) is 0 Å². The Morgan fingerprint density at radius 1 is 1.89 bits per heavy atom. The van der Waals surface area contributed by atoms with Crippen molar-refractivity contribution >= 4 is 12.7 Å². The highest BCUT2D eigenvalue weighted by Crippen LogP contribution is 1.84. The van der Waals surface area contributed by atoms with Gasteiger partial charge in [0.25, 0.3) is 6.04 Å². The van der Waals surface area contributed by atoms with Crippen LogP contribution < -0.4 is 0 Å². The topological polar surface area (TPSA) is 60.5 Å². The van der Waals surface area contributed by atoms with Crippen LogP contribution in [0.4, 0.5) is 0 Å². The number of nitrogens with zero attached hydrogens (tertiary/aromatic N) is 1. The lowest BCUT2D eigenvalue weighted by Crippen LogP contribution is -2.34. The summed E-state index contributed by atoms with van der Waals surface area (Å²) in [6.45, 7) is 2.92. The Balaban J connectivity index is 3.99. The third-order valence-electron chi connectivity index (χ3n) is 0.990. The molecule has 0 aromatic rings. The fourth-order valence-corrected chi connectivity index (χ4v) is 0.406. The van der Waals surface area contributed by atoms with Crippen LogP contribution in [0.3, 0.4) is 0 Å². The van der Waals surface area contributed by atoms with E-state index in [1.54, 1.807) is 0 Å². The molecule has 0 saturated carbocycles. The maximum Gasteiger partial charge on any atom is 0.375 e. The summed E-state index contributed by atoms with van der Waals surface area (Å²) in [5, 5.41) is 16.7. The number of aliphatic carboxylic acids is 1. The molecule has 0 bridgehead atoms. The third-order valence-corrected chi connectivity index (χ3v) is 0.990. The van der Waals surface area contributed by atoms with Gasteiger partial charge in [-0.1, -0.05) is 0 Å². The molecule has 0 aliphatic rings. The van der Waals surface area contributed by atoms with Gasteiger partial charge in [0.1, 0.15) is 20.4 Å². The summed E-state index contributed by atoms with van der Waals surface area (Å²) >= 11 is 0. The minimum Gasteiger partial charge on any atom is -0.476 e. The summed E-state index contributed by atoms with van der Waals surface area (Å²) < 4.78 is 1.20. The molecule has 0 fully saturated rings. The SMILES string of the molecule is C=[N+](C)C(CO)C(=O)O. The van der Waals surface area contributed by atoms with Gasteiger partial charge < -0.3 is 10.2 Å². The number of likely N-dealkylation sites (N-methyl/N-ethyl adjacent to an activating group) is 1. The first kappa shape index (κ1) is 8.10. The molecular formula is C5H10NO3+. The van der Waals surface area contributed by atoms with Crippen molar-refractivity contribution in [2.24, 2.45) is 0 Å². The van der Waals surface area contributed by atoms with E-state index in [2.05, 4.69) is 6.72 Å². The fourth-order valence-electron chi connectivity index (χ4n) is 0.406. The zero-order valence-electron chi connectivity index (χ0n) is 5.24. The molecule has 2 N–H and O–H groups in total. The molecule has 4 heteroatoms. The van der Waals surface area contributed by atoms with Crippen molar-refractivity contribution in [3.63, 3.8) is 0 Å². The maximum absolute atomic E-state index is 10.1. The van der Waals surface area contributed by atoms with Crippen molar-refractivity contribution in [2.75, 3.05) is 13.7 Å². The standard InChI is InChI=1S/C5H9NO3/c1-6(2)4(3-7)5(8)9/h4,7H,1,3H2,2H3/p+1. The molecule has 0 aromatic carbocycles. The van der Waals surface area contributed by atoms with Crippen molar-refractivity contribution in [3.05, 3.63) is 0 Å². The minimum atomic E-state index is -1.06. The molecule has 0 heterocycles. The van der Waals surface area contributed by atoms with Crippen molar-refractivity contribution in [2.45, 2.75) is 6.04 Å². The Hall–Kier alpha value is -0.900. The van der Waals surface area contributed by atoms with E-state index in [1.807, 2.05) is 0 Å². The number of carbonyl (C=O) groups is 1. The predicted octanol–water partition coefficient (Wildman–Crippen LogP) is -1.23. The monoisotopic (exact) mass is 132 g/mol. The van der Waals surface area contributed by atoms with E-state index in [9.17, 15) is 4.79 Å². The van der Waals surface area contributed by atoms with Crippen LogP contribution >= 0.6 is 0 Å². The molecule has 0 aliphatic heterocycles. The van der Waals surface area contributed by atoms with Crippen LogP contribution in [-0.4, -0.2) is 47.2 Å². The Labute approximate surface area is 53.1 Å². The molecule has 0 amide bonds. The van der Waals surface area contributed by atoms with E-state index in [-0.39, 0.29) is 0 Å².